The maximum Gasteiger partial charge on any atom is 0.0211 e. The van der Waals surface area contributed by atoms with Crippen LogP contribution in [0.3, 0.4) is 0 Å². The third kappa shape index (κ3) is 2.92. The highest BCUT2D eigenvalue weighted by Gasteiger charge is 2.10. The normalized spacial score (nSPS) is 16.9. The molecule has 0 N–H and O–H groups in total. The number of thiophene rings is 2. The molecule has 0 unspecified atom stereocenters. The first kappa shape index (κ1) is 12.2. The van der Waals surface area contributed by atoms with Crippen molar-refractivity contribution in [1.82, 2.24) is 0 Å². The first-order valence-corrected chi connectivity index (χ1v) is 9.65. The summed E-state index contributed by atoms with van der Waals surface area (Å²) >= 11 is 7.65. The quantitative estimate of drug-likeness (QED) is 0.657. The second-order valence-corrected chi connectivity index (χ2v) is 7.83. The number of hydrogen-bond acceptors (Lipinski definition) is 4. The van der Waals surface area contributed by atoms with E-state index in [0.717, 1.165) is 0 Å². The molecule has 2 aromatic heterocycles. The largest absolute Gasteiger partial charge is 0.151 e. The molecule has 2 aliphatic heterocycles. The fourth-order valence-corrected chi connectivity index (χ4v) is 6.23. The maximum absolute atomic E-state index is 2.28. The number of aryl methyl sites for hydroxylation is 2. The molecule has 2 aromatic rings. The molecule has 0 saturated carbocycles. The molecule has 0 saturated heterocycles. The maximum atomic E-state index is 2.28. The van der Waals surface area contributed by atoms with Crippen molar-refractivity contribution < 1.29 is 0 Å². The number of fused-ring (bicyclic) bond motifs is 2. The lowest BCUT2D eigenvalue weighted by molar-refractivity contribution is 0.899. The predicted molar refractivity (Wildman–Crippen MR) is 82.1 cm³/mol. The van der Waals surface area contributed by atoms with Gasteiger partial charge in [-0.15, -0.1) is 23.5 Å². The first-order valence-electron chi connectivity index (χ1n) is 5.79. The second kappa shape index (κ2) is 5.83. The summed E-state index contributed by atoms with van der Waals surface area (Å²) in [6.45, 7) is 0. The minimum absolute atomic E-state index is 1.30. The summed E-state index contributed by atoms with van der Waals surface area (Å²) in [4.78, 5) is 3.06. The SMILES string of the molecule is c1scc2c1CCCS2.c1scc2c1CCS2. The van der Waals surface area contributed by atoms with Crippen LogP contribution in [0.2, 0.25) is 0 Å². The molecule has 2 aliphatic rings. The van der Waals surface area contributed by atoms with E-state index in [1.54, 1.807) is 11.1 Å². The van der Waals surface area contributed by atoms with Crippen molar-refractivity contribution in [3.8, 4) is 0 Å². The van der Waals surface area contributed by atoms with Gasteiger partial charge in [0.2, 0.25) is 0 Å². The number of rotatable bonds is 0. The third-order valence-corrected chi connectivity index (χ3v) is 7.05. The van der Waals surface area contributed by atoms with Gasteiger partial charge < -0.3 is 0 Å². The van der Waals surface area contributed by atoms with Gasteiger partial charge >= 0.3 is 0 Å². The Morgan fingerprint density at radius 2 is 1.35 bits per heavy atom. The number of thioether (sulfide) groups is 2. The van der Waals surface area contributed by atoms with E-state index in [0.29, 0.717) is 0 Å². The van der Waals surface area contributed by atoms with Gasteiger partial charge in [-0.3, -0.25) is 0 Å². The van der Waals surface area contributed by atoms with Crippen molar-refractivity contribution >= 4 is 46.2 Å². The summed E-state index contributed by atoms with van der Waals surface area (Å²) in [6.07, 6.45) is 3.98. The monoisotopic (exact) mass is 298 g/mol. The average Bonchev–Trinajstić information content (AvgIpc) is 3.06. The van der Waals surface area contributed by atoms with E-state index in [1.165, 1.54) is 40.6 Å². The third-order valence-electron chi connectivity index (χ3n) is 2.88. The summed E-state index contributed by atoms with van der Waals surface area (Å²) in [6, 6.07) is 0. The smallest absolute Gasteiger partial charge is 0.0211 e. The van der Waals surface area contributed by atoms with Crippen LogP contribution in [-0.4, -0.2) is 11.5 Å². The van der Waals surface area contributed by atoms with Crippen LogP contribution < -0.4 is 0 Å². The van der Waals surface area contributed by atoms with E-state index in [2.05, 4.69) is 21.5 Å². The predicted octanol–water partition coefficient (Wildman–Crippen LogP) is 5.18. The minimum atomic E-state index is 1.30. The Bertz CT molecular complexity index is 444. The van der Waals surface area contributed by atoms with E-state index in [1.807, 2.05) is 46.2 Å². The highest BCUT2D eigenvalue weighted by molar-refractivity contribution is 7.99. The van der Waals surface area contributed by atoms with Crippen molar-refractivity contribution in [1.29, 1.82) is 0 Å². The molecule has 4 rings (SSSR count). The Morgan fingerprint density at radius 1 is 0.706 bits per heavy atom. The van der Waals surface area contributed by atoms with Crippen LogP contribution >= 0.6 is 46.2 Å². The highest BCUT2D eigenvalue weighted by atomic mass is 32.2. The lowest BCUT2D eigenvalue weighted by Gasteiger charge is -2.08. The van der Waals surface area contributed by atoms with Gasteiger partial charge in [0.05, 0.1) is 0 Å². The highest BCUT2D eigenvalue weighted by Crippen LogP contribution is 2.33. The molecule has 0 nitrogen and oxygen atoms in total. The summed E-state index contributed by atoms with van der Waals surface area (Å²) < 4.78 is 0. The molecule has 0 spiro atoms. The summed E-state index contributed by atoms with van der Waals surface area (Å²) in [5.74, 6) is 2.63. The molecule has 17 heavy (non-hydrogen) atoms. The van der Waals surface area contributed by atoms with Gasteiger partial charge in [-0.25, -0.2) is 0 Å². The molecule has 0 aliphatic carbocycles. The summed E-state index contributed by atoms with van der Waals surface area (Å²) in [7, 11) is 0. The molecule has 0 fully saturated rings. The van der Waals surface area contributed by atoms with E-state index >= 15 is 0 Å². The fraction of sp³-hybridized carbons (Fsp3) is 0.385. The summed E-state index contributed by atoms with van der Waals surface area (Å²) in [5.41, 5.74) is 3.15. The Labute approximate surface area is 119 Å². The van der Waals surface area contributed by atoms with Crippen molar-refractivity contribution in [2.75, 3.05) is 11.5 Å². The van der Waals surface area contributed by atoms with Gasteiger partial charge in [0.15, 0.2) is 0 Å². The molecule has 0 radical (unpaired) electrons. The van der Waals surface area contributed by atoms with Crippen LogP contribution in [0.15, 0.2) is 31.3 Å². The van der Waals surface area contributed by atoms with Crippen LogP contribution in [0.25, 0.3) is 0 Å². The lowest BCUT2D eigenvalue weighted by Crippen LogP contribution is -1.93. The van der Waals surface area contributed by atoms with Gasteiger partial charge in [-0.05, 0) is 46.9 Å². The van der Waals surface area contributed by atoms with Crippen LogP contribution in [0.4, 0.5) is 0 Å². The molecule has 0 atom stereocenters. The minimum Gasteiger partial charge on any atom is -0.151 e. The van der Waals surface area contributed by atoms with Crippen LogP contribution in [0, 0.1) is 0 Å². The Hall–Kier alpha value is 0.1000. The van der Waals surface area contributed by atoms with E-state index in [-0.39, 0.29) is 0 Å². The zero-order valence-electron chi connectivity index (χ0n) is 9.48. The van der Waals surface area contributed by atoms with Gasteiger partial charge in [-0.2, -0.15) is 22.7 Å². The van der Waals surface area contributed by atoms with Crippen molar-refractivity contribution in [2.24, 2.45) is 0 Å². The van der Waals surface area contributed by atoms with Crippen LogP contribution in [-0.2, 0) is 12.8 Å². The molecular formula is C13H14S4. The Morgan fingerprint density at radius 3 is 2.06 bits per heavy atom. The van der Waals surface area contributed by atoms with E-state index < -0.39 is 0 Å². The molecule has 0 amide bonds. The van der Waals surface area contributed by atoms with E-state index in [4.69, 9.17) is 0 Å². The van der Waals surface area contributed by atoms with Crippen LogP contribution in [0.5, 0.6) is 0 Å². The Kier molecular flexibility index (Phi) is 4.16. The first-order chi connectivity index (χ1) is 8.43. The van der Waals surface area contributed by atoms with E-state index in [9.17, 15) is 0 Å². The van der Waals surface area contributed by atoms with Gasteiger partial charge in [-0.1, -0.05) is 0 Å². The lowest BCUT2D eigenvalue weighted by atomic mass is 10.2. The number of hydrogen-bond donors (Lipinski definition) is 0. The standard InChI is InChI=1S/C7H8S2.C6H6S2/c1-2-6-4-8-5-7(6)9-3-1;1-2-8-6-4-7-3-5(1)6/h4-5H,1-3H2;3-4H,1-2H2. The Balaban J connectivity index is 0.000000107. The van der Waals surface area contributed by atoms with Crippen molar-refractivity contribution in [2.45, 2.75) is 29.1 Å². The topological polar surface area (TPSA) is 0 Å². The fourth-order valence-electron chi connectivity index (χ4n) is 1.96. The molecule has 4 heteroatoms. The van der Waals surface area contributed by atoms with Crippen molar-refractivity contribution in [3.63, 3.8) is 0 Å². The zero-order valence-corrected chi connectivity index (χ0v) is 12.7. The molecule has 0 bridgehead atoms. The van der Waals surface area contributed by atoms with Crippen LogP contribution in [0.1, 0.15) is 17.5 Å². The average molecular weight is 299 g/mol. The van der Waals surface area contributed by atoms with Gasteiger partial charge in [0.1, 0.15) is 0 Å². The summed E-state index contributed by atoms with van der Waals surface area (Å²) in [5, 5.41) is 9.04. The molecule has 90 valence electrons. The molecular weight excluding hydrogens is 284 g/mol. The molecule has 4 heterocycles. The second-order valence-electron chi connectivity index (χ2n) is 4.07. The van der Waals surface area contributed by atoms with Gasteiger partial charge in [0.25, 0.3) is 0 Å². The van der Waals surface area contributed by atoms with Crippen molar-refractivity contribution in [3.05, 3.63) is 32.6 Å². The van der Waals surface area contributed by atoms with Gasteiger partial charge in [0, 0.05) is 26.3 Å². The zero-order chi connectivity index (χ0) is 11.5. The molecule has 0 aromatic carbocycles.